The van der Waals surface area contributed by atoms with Gasteiger partial charge in [0.2, 0.25) is 0 Å². The Bertz CT molecular complexity index is 536. The Morgan fingerprint density at radius 1 is 1.14 bits per heavy atom. The van der Waals surface area contributed by atoms with Crippen LogP contribution in [0.5, 0.6) is 0 Å². The Morgan fingerprint density at radius 2 is 1.48 bits per heavy atom. The number of rotatable bonds is 4. The van der Waals surface area contributed by atoms with Gasteiger partial charge < -0.3 is 4.89 Å². The highest BCUT2D eigenvalue weighted by Gasteiger charge is 2.30. The molecule has 0 aliphatic heterocycles. The lowest BCUT2D eigenvalue weighted by atomic mass is 10.4. The number of benzene rings is 1. The van der Waals surface area contributed by atoms with Crippen molar-refractivity contribution in [1.82, 2.24) is 0 Å². The Labute approximate surface area is 124 Å². The molecule has 1 aromatic carbocycles. The Kier molecular flexibility index (Phi) is 14.5. The first-order valence-corrected chi connectivity index (χ1v) is 9.16. The van der Waals surface area contributed by atoms with Crippen LogP contribution >= 0.6 is 15.9 Å². The fourth-order valence-corrected chi connectivity index (χ4v) is 2.38. The molecule has 118 valence electrons. The van der Waals surface area contributed by atoms with Crippen molar-refractivity contribution in [3.63, 3.8) is 0 Å². The lowest BCUT2D eigenvalue weighted by Gasteiger charge is -1.96. The molecule has 2 N–H and O–H groups in total. The van der Waals surface area contributed by atoms with Gasteiger partial charge in [-0.3, -0.25) is 4.57 Å². The van der Waals surface area contributed by atoms with Crippen molar-refractivity contribution in [1.29, 1.82) is 0 Å². The van der Waals surface area contributed by atoms with E-state index in [-0.39, 0.29) is 6.16 Å². The smallest absolute Gasteiger partial charge is 0.321 e. The van der Waals surface area contributed by atoms with Gasteiger partial charge in [-0.2, -0.15) is 0 Å². The van der Waals surface area contributed by atoms with E-state index in [1.54, 1.807) is 13.0 Å². The Hall–Kier alpha value is -1.21. The van der Waals surface area contributed by atoms with Gasteiger partial charge in [-0.25, -0.2) is 0 Å². The van der Waals surface area contributed by atoms with Gasteiger partial charge in [0.15, 0.2) is 0 Å². The molecule has 0 heterocycles. The maximum Gasteiger partial charge on any atom is 0.703 e. The monoisotopic (exact) mass is 357 g/mol. The van der Waals surface area contributed by atoms with Crippen molar-refractivity contribution in [2.24, 2.45) is 0 Å². The summed E-state index contributed by atoms with van der Waals surface area (Å²) in [6, 6.07) is 12.0. The van der Waals surface area contributed by atoms with Crippen LogP contribution in [0.3, 0.4) is 0 Å². The van der Waals surface area contributed by atoms with Crippen LogP contribution < -0.4 is 0 Å². The zero-order valence-electron chi connectivity index (χ0n) is 11.0. The van der Waals surface area contributed by atoms with Gasteiger partial charge in [0.05, 0.1) is 6.16 Å². The molecule has 8 nitrogen and oxygen atoms in total. The van der Waals surface area contributed by atoms with E-state index in [1.165, 1.54) is 6.08 Å². The molecule has 2 unspecified atom stereocenters. The van der Waals surface area contributed by atoms with E-state index in [0.717, 1.165) is 0 Å². The van der Waals surface area contributed by atoms with Crippen molar-refractivity contribution in [2.75, 3.05) is 6.16 Å². The van der Waals surface area contributed by atoms with Gasteiger partial charge in [-0.1, -0.05) is 48.6 Å². The third-order valence-corrected chi connectivity index (χ3v) is 3.69. The van der Waals surface area contributed by atoms with E-state index in [2.05, 4.69) is 4.31 Å². The standard InChI is InChI=1S/C6H6.C4H8O5P2.O3S/c1-2-4-6-5-3-1;1-2-3-4-11(7,8)9-10(5)6;1-4(2)3/h1-6H;2-3H,4H2,1H3,(H-,5,6,7,8);/p+1. The number of allylic oxidation sites excluding steroid dienone is 2. The normalized spacial score (nSPS) is 13.0. The lowest BCUT2D eigenvalue weighted by molar-refractivity contribution is 0.353. The van der Waals surface area contributed by atoms with Crippen molar-refractivity contribution >= 4 is 26.5 Å². The number of hydrogen-bond acceptors (Lipinski definition) is 6. The van der Waals surface area contributed by atoms with Gasteiger partial charge in [0.1, 0.15) is 0 Å². The average Bonchev–Trinajstić information content (AvgIpc) is 2.37. The minimum absolute atomic E-state index is 0.245. The predicted molar refractivity (Wildman–Crippen MR) is 76.6 cm³/mol. The van der Waals surface area contributed by atoms with Gasteiger partial charge in [-0.15, -0.1) is 17.5 Å². The molecule has 0 aliphatic rings. The fourth-order valence-electron chi connectivity index (χ4n) is 0.766. The molecule has 1 aromatic rings. The molecule has 0 aromatic heterocycles. The fraction of sp³-hybridized carbons (Fsp3) is 0.200. The van der Waals surface area contributed by atoms with E-state index >= 15 is 0 Å². The van der Waals surface area contributed by atoms with Crippen LogP contribution in [0.15, 0.2) is 48.6 Å². The summed E-state index contributed by atoms with van der Waals surface area (Å²) < 4.78 is 49.9. The Morgan fingerprint density at radius 3 is 1.71 bits per heavy atom. The molecule has 0 spiro atoms. The molecule has 0 bridgehead atoms. The van der Waals surface area contributed by atoms with E-state index < -0.39 is 26.5 Å². The van der Waals surface area contributed by atoms with Gasteiger partial charge >= 0.3 is 26.5 Å². The summed E-state index contributed by atoms with van der Waals surface area (Å²) in [4.78, 5) is 16.9. The second-order valence-corrected chi connectivity index (χ2v) is 6.24. The summed E-state index contributed by atoms with van der Waals surface area (Å²) >= 11 is 0. The molecule has 2 atom stereocenters. The van der Waals surface area contributed by atoms with Crippen LogP contribution in [-0.2, 0) is 24.0 Å². The molecule has 0 fully saturated rings. The summed E-state index contributed by atoms with van der Waals surface area (Å²) in [5.74, 6) is 0. The maximum absolute atomic E-state index is 10.7. The van der Waals surface area contributed by atoms with Crippen LogP contribution in [0.2, 0.25) is 0 Å². The van der Waals surface area contributed by atoms with E-state index in [1.807, 2.05) is 36.4 Å². The SMILES string of the molecule is CC=CCP(=O)(O)O[P+](=O)O.O=S(=O)=O.c1ccccc1. The van der Waals surface area contributed by atoms with Crippen molar-refractivity contribution in [3.8, 4) is 0 Å². The summed E-state index contributed by atoms with van der Waals surface area (Å²) in [7, 11) is -10.00. The molecule has 0 saturated heterocycles. The Balaban J connectivity index is 0. The first-order valence-electron chi connectivity index (χ1n) is 5.27. The minimum atomic E-state index is -3.89. The molecule has 21 heavy (non-hydrogen) atoms. The quantitative estimate of drug-likeness (QED) is 0.618. The molecule has 0 amide bonds. The molecular weight excluding hydrogens is 342 g/mol. The van der Waals surface area contributed by atoms with Gasteiger partial charge in [-0.05, 0) is 11.2 Å². The predicted octanol–water partition coefficient (Wildman–Crippen LogP) is 2.10. The average molecular weight is 357 g/mol. The maximum atomic E-state index is 10.7. The van der Waals surface area contributed by atoms with Crippen LogP contribution in [-0.4, -0.2) is 28.6 Å². The zero-order valence-corrected chi connectivity index (χ0v) is 13.6. The molecule has 0 saturated carbocycles. The topological polar surface area (TPSA) is 135 Å². The lowest BCUT2D eigenvalue weighted by Crippen LogP contribution is -1.85. The van der Waals surface area contributed by atoms with Crippen molar-refractivity contribution in [3.05, 3.63) is 48.6 Å². The first kappa shape index (κ1) is 22.1. The summed E-state index contributed by atoms with van der Waals surface area (Å²) in [5.41, 5.74) is 0. The molecule has 0 radical (unpaired) electrons. The second kappa shape index (κ2) is 13.8. The molecule has 1 rings (SSSR count). The summed E-state index contributed by atoms with van der Waals surface area (Å²) in [5, 5.41) is 0. The van der Waals surface area contributed by atoms with E-state index in [0.29, 0.717) is 0 Å². The summed E-state index contributed by atoms with van der Waals surface area (Å²) in [6.45, 7) is 1.67. The summed E-state index contributed by atoms with van der Waals surface area (Å²) in [6.07, 6.45) is 2.70. The van der Waals surface area contributed by atoms with E-state index in [9.17, 15) is 9.13 Å². The van der Waals surface area contributed by atoms with E-state index in [4.69, 9.17) is 22.4 Å². The van der Waals surface area contributed by atoms with Crippen LogP contribution in [0, 0.1) is 0 Å². The zero-order chi connectivity index (χ0) is 16.7. The highest BCUT2D eigenvalue weighted by atomic mass is 32.2. The first-order chi connectivity index (χ1) is 9.71. The van der Waals surface area contributed by atoms with Crippen LogP contribution in [0.4, 0.5) is 0 Å². The second-order valence-electron chi connectivity index (χ2n) is 3.07. The largest absolute Gasteiger partial charge is 0.703 e. The molecule has 11 heteroatoms. The third-order valence-electron chi connectivity index (χ3n) is 1.44. The minimum Gasteiger partial charge on any atom is -0.321 e. The van der Waals surface area contributed by atoms with Crippen LogP contribution in [0.1, 0.15) is 6.92 Å². The van der Waals surface area contributed by atoms with Crippen LogP contribution in [0.25, 0.3) is 0 Å². The van der Waals surface area contributed by atoms with Crippen molar-refractivity contribution in [2.45, 2.75) is 6.92 Å². The molecular formula is C10H15O8P2S+. The highest BCUT2D eigenvalue weighted by Crippen LogP contribution is 2.49. The highest BCUT2D eigenvalue weighted by molar-refractivity contribution is 7.59. The van der Waals surface area contributed by atoms with Crippen molar-refractivity contribution < 1.29 is 35.9 Å². The number of hydrogen-bond donors (Lipinski definition) is 2. The van der Waals surface area contributed by atoms with Gasteiger partial charge in [0, 0.05) is 4.57 Å². The third kappa shape index (κ3) is 24.2. The molecule has 0 aliphatic carbocycles. The van der Waals surface area contributed by atoms with Gasteiger partial charge in [0.25, 0.3) is 0 Å².